The Hall–Kier alpha value is -2.98. The van der Waals surface area contributed by atoms with Crippen molar-refractivity contribution in [1.29, 1.82) is 0 Å². The van der Waals surface area contributed by atoms with Crippen molar-refractivity contribution in [3.05, 3.63) is 24.3 Å². The average molecular weight is 418 g/mol. The Morgan fingerprint density at radius 2 is 1.23 bits per heavy atom. The molecule has 2 aliphatic rings. The molecule has 4 amide bonds. The summed E-state index contributed by atoms with van der Waals surface area (Å²) >= 11 is 0. The van der Waals surface area contributed by atoms with Gasteiger partial charge in [0.2, 0.25) is 0 Å². The van der Waals surface area contributed by atoms with Crippen LogP contribution in [0.2, 0.25) is 0 Å². The van der Waals surface area contributed by atoms with E-state index in [9.17, 15) is 19.2 Å². The summed E-state index contributed by atoms with van der Waals surface area (Å²) in [5, 5.41) is 9.99. The second-order valence-corrected chi connectivity index (χ2v) is 7.18. The zero-order chi connectivity index (χ0) is 21.3. The Balaban J connectivity index is 1.44. The summed E-state index contributed by atoms with van der Waals surface area (Å²) in [4.78, 5) is 47.9. The fourth-order valence-electron chi connectivity index (χ4n) is 3.23. The van der Waals surface area contributed by atoms with Gasteiger partial charge in [0, 0.05) is 37.7 Å². The topological polar surface area (TPSA) is 135 Å². The smallest absolute Gasteiger partial charge is 0.313 e. The summed E-state index contributed by atoms with van der Waals surface area (Å²) in [6, 6.07) is 6.17. The molecule has 0 unspecified atom stereocenters. The van der Waals surface area contributed by atoms with Crippen molar-refractivity contribution in [2.75, 3.05) is 36.9 Å². The second kappa shape index (κ2) is 10.7. The van der Waals surface area contributed by atoms with Crippen molar-refractivity contribution < 1.29 is 28.7 Å². The van der Waals surface area contributed by atoms with E-state index in [1.807, 2.05) is 0 Å². The molecule has 2 aliphatic heterocycles. The van der Waals surface area contributed by atoms with Gasteiger partial charge in [-0.15, -0.1) is 0 Å². The van der Waals surface area contributed by atoms with Crippen LogP contribution in [0.5, 0.6) is 0 Å². The molecule has 30 heavy (non-hydrogen) atoms. The minimum atomic E-state index is -0.828. The van der Waals surface area contributed by atoms with Gasteiger partial charge in [0.05, 0.1) is 12.2 Å². The lowest BCUT2D eigenvalue weighted by atomic mass is 10.2. The van der Waals surface area contributed by atoms with Gasteiger partial charge in [-0.3, -0.25) is 19.2 Å². The number of carbonyl (C=O) groups is 4. The monoisotopic (exact) mass is 418 g/mol. The van der Waals surface area contributed by atoms with Crippen LogP contribution in [-0.2, 0) is 28.7 Å². The molecule has 4 N–H and O–H groups in total. The third kappa shape index (κ3) is 6.53. The third-order valence-electron chi connectivity index (χ3n) is 4.82. The highest BCUT2D eigenvalue weighted by Gasteiger charge is 2.21. The fraction of sp³-hybridized carbons (Fsp3) is 0.500. The number of carbonyl (C=O) groups excluding carboxylic acids is 4. The number of anilines is 2. The van der Waals surface area contributed by atoms with E-state index in [4.69, 9.17) is 9.47 Å². The van der Waals surface area contributed by atoms with Gasteiger partial charge in [0.1, 0.15) is 0 Å². The van der Waals surface area contributed by atoms with E-state index in [0.717, 1.165) is 25.7 Å². The molecule has 2 saturated heterocycles. The molecule has 10 heteroatoms. The van der Waals surface area contributed by atoms with E-state index in [-0.39, 0.29) is 25.3 Å². The Bertz CT molecular complexity index is 726. The number of hydrogen-bond donors (Lipinski definition) is 4. The molecule has 2 atom stereocenters. The van der Waals surface area contributed by atoms with E-state index in [1.165, 1.54) is 6.07 Å². The summed E-state index contributed by atoms with van der Waals surface area (Å²) in [5.74, 6) is -3.20. The molecule has 0 bridgehead atoms. The molecule has 1 aromatic carbocycles. The molecule has 0 radical (unpaired) electrons. The Labute approximate surface area is 174 Å². The lowest BCUT2D eigenvalue weighted by Gasteiger charge is -2.12. The van der Waals surface area contributed by atoms with E-state index >= 15 is 0 Å². The first-order chi connectivity index (χ1) is 14.5. The first kappa shape index (κ1) is 21.7. The molecular weight excluding hydrogens is 392 g/mol. The van der Waals surface area contributed by atoms with Crippen LogP contribution in [0.15, 0.2) is 24.3 Å². The van der Waals surface area contributed by atoms with Crippen LogP contribution >= 0.6 is 0 Å². The predicted molar refractivity (Wildman–Crippen MR) is 108 cm³/mol. The van der Waals surface area contributed by atoms with Crippen LogP contribution in [0.25, 0.3) is 0 Å². The summed E-state index contributed by atoms with van der Waals surface area (Å²) in [6.07, 6.45) is 3.46. The Morgan fingerprint density at radius 1 is 0.767 bits per heavy atom. The van der Waals surface area contributed by atoms with Gasteiger partial charge in [0.15, 0.2) is 0 Å². The normalized spacial score (nSPS) is 20.4. The quantitative estimate of drug-likeness (QED) is 0.486. The van der Waals surface area contributed by atoms with Gasteiger partial charge in [-0.25, -0.2) is 0 Å². The summed E-state index contributed by atoms with van der Waals surface area (Å²) in [7, 11) is 0. The number of hydrogen-bond acceptors (Lipinski definition) is 6. The zero-order valence-corrected chi connectivity index (χ0v) is 16.6. The van der Waals surface area contributed by atoms with Crippen LogP contribution in [0.4, 0.5) is 11.4 Å². The minimum absolute atomic E-state index is 0.0633. The number of rotatable bonds is 6. The maximum absolute atomic E-state index is 12.0. The van der Waals surface area contributed by atoms with Gasteiger partial charge in [-0.2, -0.15) is 0 Å². The standard InChI is InChI=1S/C20H26N4O6/c25-17(21-11-15-6-2-8-29-15)19(27)23-13-4-1-5-14(10-13)24-20(28)18(26)22-12-16-7-3-9-30-16/h1,4-5,10,15-16H,2-3,6-9,11-12H2,(H,21,25)(H,22,26)(H,23,27)(H,24,28)/t15-,16+. The van der Waals surface area contributed by atoms with Crippen molar-refractivity contribution in [2.24, 2.45) is 0 Å². The van der Waals surface area contributed by atoms with Crippen molar-refractivity contribution in [1.82, 2.24) is 10.6 Å². The van der Waals surface area contributed by atoms with Crippen LogP contribution in [0.3, 0.4) is 0 Å². The first-order valence-electron chi connectivity index (χ1n) is 10.0. The van der Waals surface area contributed by atoms with Crippen molar-refractivity contribution >= 4 is 35.0 Å². The number of amides is 4. The maximum Gasteiger partial charge on any atom is 0.313 e. The largest absolute Gasteiger partial charge is 0.376 e. The zero-order valence-electron chi connectivity index (χ0n) is 16.6. The Morgan fingerprint density at radius 3 is 1.63 bits per heavy atom. The highest BCUT2D eigenvalue weighted by atomic mass is 16.5. The Kier molecular flexibility index (Phi) is 7.75. The summed E-state index contributed by atoms with van der Waals surface area (Å²) in [5.41, 5.74) is 0.620. The van der Waals surface area contributed by atoms with Gasteiger partial charge in [-0.1, -0.05) is 6.07 Å². The van der Waals surface area contributed by atoms with Crippen molar-refractivity contribution in [2.45, 2.75) is 37.9 Å². The van der Waals surface area contributed by atoms with E-state index in [0.29, 0.717) is 24.6 Å². The van der Waals surface area contributed by atoms with Gasteiger partial charge in [-0.05, 0) is 43.9 Å². The van der Waals surface area contributed by atoms with E-state index in [1.54, 1.807) is 18.2 Å². The lowest BCUT2D eigenvalue weighted by Crippen LogP contribution is -2.39. The van der Waals surface area contributed by atoms with Crippen LogP contribution < -0.4 is 21.3 Å². The van der Waals surface area contributed by atoms with E-state index in [2.05, 4.69) is 21.3 Å². The number of benzene rings is 1. The maximum atomic E-state index is 12.0. The number of ether oxygens (including phenoxy) is 2. The van der Waals surface area contributed by atoms with Gasteiger partial charge in [0.25, 0.3) is 0 Å². The van der Waals surface area contributed by atoms with Crippen LogP contribution in [0.1, 0.15) is 25.7 Å². The summed E-state index contributed by atoms with van der Waals surface area (Å²) < 4.78 is 10.8. The molecule has 0 aliphatic carbocycles. The molecule has 0 spiro atoms. The molecule has 162 valence electrons. The van der Waals surface area contributed by atoms with Gasteiger partial charge >= 0.3 is 23.6 Å². The molecule has 3 rings (SSSR count). The lowest BCUT2D eigenvalue weighted by molar-refractivity contribution is -0.136. The van der Waals surface area contributed by atoms with Gasteiger partial charge < -0.3 is 30.7 Å². The van der Waals surface area contributed by atoms with Crippen LogP contribution in [-0.4, -0.2) is 62.1 Å². The molecular formula is C20H26N4O6. The van der Waals surface area contributed by atoms with E-state index < -0.39 is 23.6 Å². The third-order valence-corrected chi connectivity index (χ3v) is 4.82. The molecule has 2 heterocycles. The fourth-order valence-corrected chi connectivity index (χ4v) is 3.23. The molecule has 2 fully saturated rings. The second-order valence-electron chi connectivity index (χ2n) is 7.18. The molecule has 10 nitrogen and oxygen atoms in total. The number of nitrogens with one attached hydrogen (secondary N) is 4. The highest BCUT2D eigenvalue weighted by molar-refractivity contribution is 6.40. The van der Waals surface area contributed by atoms with Crippen molar-refractivity contribution in [3.63, 3.8) is 0 Å². The molecule has 0 aromatic heterocycles. The predicted octanol–water partition coefficient (Wildman–Crippen LogP) is 0.154. The summed E-state index contributed by atoms with van der Waals surface area (Å²) in [6.45, 7) is 1.89. The SMILES string of the molecule is O=C(NC[C@H]1CCCO1)C(=O)Nc1cccc(NC(=O)C(=O)NC[C@@H]2CCCO2)c1. The van der Waals surface area contributed by atoms with Crippen molar-refractivity contribution in [3.8, 4) is 0 Å². The molecule has 0 saturated carbocycles. The minimum Gasteiger partial charge on any atom is -0.376 e. The highest BCUT2D eigenvalue weighted by Crippen LogP contribution is 2.15. The average Bonchev–Trinajstić information content (AvgIpc) is 3.44. The first-order valence-corrected chi connectivity index (χ1v) is 10.0. The molecule has 1 aromatic rings. The van der Waals surface area contributed by atoms with Crippen LogP contribution in [0, 0.1) is 0 Å².